The van der Waals surface area contributed by atoms with Gasteiger partial charge in [-0.25, -0.2) is 0 Å². The quantitative estimate of drug-likeness (QED) is 0.123. The Morgan fingerprint density at radius 3 is 2.72 bits per heavy atom. The molecule has 2 amide bonds. The highest BCUT2D eigenvalue weighted by Gasteiger charge is 2.32. The first-order valence-corrected chi connectivity index (χ1v) is 9.50. The molecule has 2 heterocycles. The van der Waals surface area contributed by atoms with Crippen LogP contribution in [-0.2, 0) is 9.59 Å². The molecule has 0 atom stereocenters. The second kappa shape index (κ2) is 9.71. The largest absolute Gasteiger partial charge is 0.493 e. The van der Waals surface area contributed by atoms with Gasteiger partial charge in [-0.05, 0) is 42.1 Å². The van der Waals surface area contributed by atoms with Crippen molar-refractivity contribution in [2.24, 2.45) is 0 Å². The van der Waals surface area contributed by atoms with Crippen LogP contribution in [-0.4, -0.2) is 40.4 Å². The molecule has 2 aromatic rings. The fourth-order valence-corrected chi connectivity index (χ4v) is 2.98. The molecular weight excluding hydrogens is 438 g/mol. The first-order chi connectivity index (χ1) is 15.3. The third-order valence-electron chi connectivity index (χ3n) is 4.22. The van der Waals surface area contributed by atoms with Gasteiger partial charge in [-0.15, -0.1) is 6.58 Å². The zero-order valence-electron chi connectivity index (χ0n) is 16.8. The van der Waals surface area contributed by atoms with Gasteiger partial charge in [0.1, 0.15) is 16.3 Å². The van der Waals surface area contributed by atoms with Gasteiger partial charge in [0.25, 0.3) is 11.8 Å². The zero-order chi connectivity index (χ0) is 23.3. The molecule has 1 aromatic heterocycles. The van der Waals surface area contributed by atoms with Crippen LogP contribution in [0.15, 0.2) is 59.2 Å². The predicted octanol–water partition coefficient (Wildman–Crippen LogP) is 3.06. The third-order valence-corrected chi connectivity index (χ3v) is 4.54. The van der Waals surface area contributed by atoms with E-state index in [4.69, 9.17) is 26.1 Å². The molecule has 0 aliphatic carbocycles. The second-order valence-corrected chi connectivity index (χ2v) is 6.67. The summed E-state index contributed by atoms with van der Waals surface area (Å²) >= 11 is 5.03. The number of benzene rings is 1. The molecule has 0 radical (unpaired) electrons. The van der Waals surface area contributed by atoms with Gasteiger partial charge in [-0.1, -0.05) is 12.1 Å². The van der Waals surface area contributed by atoms with Gasteiger partial charge >= 0.3 is 5.88 Å². The number of carbonyl (C=O) groups is 2. The predicted molar refractivity (Wildman–Crippen MR) is 119 cm³/mol. The van der Waals surface area contributed by atoms with E-state index in [1.807, 2.05) is 0 Å². The topological polar surface area (TPSA) is 124 Å². The maximum absolute atomic E-state index is 12.6. The summed E-state index contributed by atoms with van der Waals surface area (Å²) in [5, 5.41) is 13.1. The van der Waals surface area contributed by atoms with Gasteiger partial charge in [-0.2, -0.15) is 0 Å². The van der Waals surface area contributed by atoms with E-state index >= 15 is 0 Å². The molecule has 1 aromatic carbocycles. The highest BCUT2D eigenvalue weighted by atomic mass is 32.1. The lowest BCUT2D eigenvalue weighted by atomic mass is 10.1. The van der Waals surface area contributed by atoms with E-state index in [1.165, 1.54) is 48.6 Å². The minimum absolute atomic E-state index is 0.0204. The van der Waals surface area contributed by atoms with Gasteiger partial charge < -0.3 is 13.9 Å². The van der Waals surface area contributed by atoms with Gasteiger partial charge in [0.05, 0.1) is 19.4 Å². The Kier molecular flexibility index (Phi) is 6.80. The van der Waals surface area contributed by atoms with Crippen molar-refractivity contribution in [2.75, 3.05) is 13.7 Å². The van der Waals surface area contributed by atoms with E-state index in [1.54, 1.807) is 18.2 Å². The average molecular weight is 455 g/mol. The van der Waals surface area contributed by atoms with E-state index in [0.29, 0.717) is 17.1 Å². The molecule has 0 bridgehead atoms. The van der Waals surface area contributed by atoms with Crippen LogP contribution in [0.2, 0.25) is 0 Å². The minimum atomic E-state index is -0.643. The molecule has 11 heteroatoms. The van der Waals surface area contributed by atoms with E-state index in [9.17, 15) is 19.7 Å². The SMILES string of the molecule is C=CCN1C(=O)/C(=C/c2ccc(O/C=C/c3ccc([N+](=O)[O-])o3)c(OC)c2)C(=O)NC1=S. The summed E-state index contributed by atoms with van der Waals surface area (Å²) in [6.45, 7) is 3.74. The van der Waals surface area contributed by atoms with E-state index < -0.39 is 16.7 Å². The van der Waals surface area contributed by atoms with E-state index in [0.717, 1.165) is 0 Å². The molecule has 164 valence electrons. The number of thiocarbonyl (C=S) groups is 1. The van der Waals surface area contributed by atoms with Crippen LogP contribution in [0.5, 0.6) is 11.5 Å². The number of nitro groups is 1. The summed E-state index contributed by atoms with van der Waals surface area (Å²) in [4.78, 5) is 36.1. The summed E-state index contributed by atoms with van der Waals surface area (Å²) in [5.41, 5.74) is 0.431. The van der Waals surface area contributed by atoms with Gasteiger partial charge in [0, 0.05) is 12.6 Å². The first kappa shape index (κ1) is 22.4. The number of methoxy groups -OCH3 is 1. The van der Waals surface area contributed by atoms with Crippen molar-refractivity contribution in [3.63, 3.8) is 0 Å². The Morgan fingerprint density at radius 2 is 2.06 bits per heavy atom. The molecule has 10 nitrogen and oxygen atoms in total. The third kappa shape index (κ3) is 4.90. The maximum atomic E-state index is 12.6. The van der Waals surface area contributed by atoms with Gasteiger partial charge in [0.15, 0.2) is 16.6 Å². The van der Waals surface area contributed by atoms with Crippen molar-refractivity contribution in [3.05, 3.63) is 76.3 Å². The highest BCUT2D eigenvalue weighted by molar-refractivity contribution is 7.80. The highest BCUT2D eigenvalue weighted by Crippen LogP contribution is 2.30. The van der Waals surface area contributed by atoms with Crippen LogP contribution in [0.25, 0.3) is 12.2 Å². The van der Waals surface area contributed by atoms with Crippen molar-refractivity contribution in [2.45, 2.75) is 0 Å². The normalized spacial score (nSPS) is 15.2. The van der Waals surface area contributed by atoms with Crippen LogP contribution < -0.4 is 14.8 Å². The lowest BCUT2D eigenvalue weighted by Gasteiger charge is -2.27. The van der Waals surface area contributed by atoms with Crippen LogP contribution in [0.3, 0.4) is 0 Å². The molecule has 1 N–H and O–H groups in total. The summed E-state index contributed by atoms with van der Waals surface area (Å²) in [6.07, 6.45) is 5.61. The number of nitrogens with zero attached hydrogens (tertiary/aromatic N) is 2. The average Bonchev–Trinajstić information content (AvgIpc) is 3.24. The fraction of sp³-hybridized carbons (Fsp3) is 0.0952. The Morgan fingerprint density at radius 1 is 1.28 bits per heavy atom. The molecule has 1 saturated heterocycles. The van der Waals surface area contributed by atoms with E-state index in [2.05, 4.69) is 11.9 Å². The molecule has 32 heavy (non-hydrogen) atoms. The number of nitrogens with one attached hydrogen (secondary N) is 1. The van der Waals surface area contributed by atoms with Crippen molar-refractivity contribution >= 4 is 47.2 Å². The Hall–Kier alpha value is -4.25. The zero-order valence-corrected chi connectivity index (χ0v) is 17.6. The molecule has 1 aliphatic rings. The summed E-state index contributed by atoms with van der Waals surface area (Å²) in [6, 6.07) is 7.45. The first-order valence-electron chi connectivity index (χ1n) is 9.09. The maximum Gasteiger partial charge on any atom is 0.433 e. The number of ether oxygens (including phenoxy) is 2. The lowest BCUT2D eigenvalue weighted by molar-refractivity contribution is -0.402. The van der Waals surface area contributed by atoms with Crippen molar-refractivity contribution in [1.29, 1.82) is 0 Å². The summed E-state index contributed by atoms with van der Waals surface area (Å²) in [5.74, 6) is -0.616. The molecule has 0 unspecified atom stereocenters. The van der Waals surface area contributed by atoms with Crippen LogP contribution >= 0.6 is 12.2 Å². The number of hydrogen-bond donors (Lipinski definition) is 1. The number of rotatable bonds is 8. The van der Waals surface area contributed by atoms with Crippen molar-refractivity contribution in [3.8, 4) is 11.5 Å². The van der Waals surface area contributed by atoms with Gasteiger partial charge in [0.2, 0.25) is 0 Å². The number of carbonyl (C=O) groups excluding carboxylic acids is 2. The monoisotopic (exact) mass is 455 g/mol. The second-order valence-electron chi connectivity index (χ2n) is 6.29. The Balaban J connectivity index is 1.79. The van der Waals surface area contributed by atoms with Crippen molar-refractivity contribution < 1.29 is 28.4 Å². The number of furan rings is 1. The number of amides is 2. The molecule has 0 saturated carbocycles. The molecular formula is C21H17N3O7S. The van der Waals surface area contributed by atoms with E-state index in [-0.39, 0.29) is 28.9 Å². The molecule has 1 aliphatic heterocycles. The lowest BCUT2D eigenvalue weighted by Crippen LogP contribution is -2.53. The standard InChI is InChI=1S/C21H17N3O7S/c1-3-9-23-20(26)15(19(25)22-21(23)32)11-13-4-6-16(17(12-13)29-2)30-10-8-14-5-7-18(31-14)24(27)28/h3-8,10-12H,1,9H2,2H3,(H,22,25,32)/b10-8+,15-11+. The van der Waals surface area contributed by atoms with Gasteiger partial charge in [-0.3, -0.25) is 29.9 Å². The Labute approximate surface area is 187 Å². The van der Waals surface area contributed by atoms with Crippen molar-refractivity contribution in [1.82, 2.24) is 10.2 Å². The van der Waals surface area contributed by atoms with Crippen LogP contribution in [0.4, 0.5) is 5.88 Å². The van der Waals surface area contributed by atoms with Crippen LogP contribution in [0, 0.1) is 10.1 Å². The summed E-state index contributed by atoms with van der Waals surface area (Å²) < 4.78 is 15.8. The fourth-order valence-electron chi connectivity index (χ4n) is 2.73. The minimum Gasteiger partial charge on any atom is -0.493 e. The molecule has 3 rings (SSSR count). The van der Waals surface area contributed by atoms with Crippen LogP contribution in [0.1, 0.15) is 11.3 Å². The smallest absolute Gasteiger partial charge is 0.433 e. The molecule has 0 spiro atoms. The Bertz CT molecular complexity index is 1170. The molecule has 1 fully saturated rings. The number of hydrogen-bond acceptors (Lipinski definition) is 8. The summed E-state index contributed by atoms with van der Waals surface area (Å²) in [7, 11) is 1.43.